The fraction of sp³-hybridized carbons (Fsp3) is 0.478. The summed E-state index contributed by atoms with van der Waals surface area (Å²) in [6, 6.07) is 3.42. The van der Waals surface area contributed by atoms with Gasteiger partial charge >= 0.3 is 5.97 Å². The second-order valence-electron chi connectivity index (χ2n) is 8.27. The zero-order valence-electron chi connectivity index (χ0n) is 18.8. The molecule has 0 amide bonds. The van der Waals surface area contributed by atoms with Crippen LogP contribution < -0.4 is 19.9 Å². The number of ketones is 1. The highest BCUT2D eigenvalue weighted by atomic mass is 16.5. The normalized spacial score (nSPS) is 20.1. The van der Waals surface area contributed by atoms with Crippen LogP contribution >= 0.6 is 0 Å². The van der Waals surface area contributed by atoms with Gasteiger partial charge in [-0.05, 0) is 30.0 Å². The van der Waals surface area contributed by atoms with Crippen LogP contribution in [0.4, 0.5) is 0 Å². The average Bonchev–Trinajstić information content (AvgIpc) is 2.70. The van der Waals surface area contributed by atoms with Crippen LogP contribution in [-0.4, -0.2) is 39.7 Å². The summed E-state index contributed by atoms with van der Waals surface area (Å²) in [6.07, 6.45) is 0.845. The first-order chi connectivity index (χ1) is 14.7. The number of rotatable bonds is 6. The highest BCUT2D eigenvalue weighted by Crippen LogP contribution is 2.50. The second kappa shape index (κ2) is 8.53. The number of carbonyl (C=O) groups is 2. The number of ether oxygens (including phenoxy) is 5. The molecule has 0 spiro atoms. The Morgan fingerprint density at radius 3 is 2.26 bits per heavy atom. The van der Waals surface area contributed by atoms with E-state index in [-0.39, 0.29) is 29.3 Å². The molecule has 1 aromatic carbocycles. The molecule has 0 fully saturated rings. The Bertz CT molecular complexity index is 949. The molecule has 1 aliphatic heterocycles. The van der Waals surface area contributed by atoms with Gasteiger partial charge in [-0.15, -0.1) is 0 Å². The molecule has 1 aliphatic carbocycles. The van der Waals surface area contributed by atoms with E-state index in [2.05, 4.69) is 0 Å². The maximum atomic E-state index is 13.3. The first kappa shape index (κ1) is 22.5. The van der Waals surface area contributed by atoms with Crippen molar-refractivity contribution >= 4 is 11.8 Å². The third-order valence-electron chi connectivity index (χ3n) is 5.47. The van der Waals surface area contributed by atoms with Crippen molar-refractivity contribution in [2.45, 2.75) is 39.5 Å². The predicted molar refractivity (Wildman–Crippen MR) is 113 cm³/mol. The smallest absolute Gasteiger partial charge is 0.340 e. The summed E-state index contributed by atoms with van der Waals surface area (Å²) in [5, 5.41) is 0. The maximum absolute atomic E-state index is 13.3. The van der Waals surface area contributed by atoms with Crippen LogP contribution in [0.25, 0.3) is 0 Å². The Balaban J connectivity index is 2.27. The fourth-order valence-corrected chi connectivity index (χ4v) is 4.19. The lowest BCUT2D eigenvalue weighted by molar-refractivity contribution is -0.139. The van der Waals surface area contributed by atoms with E-state index in [1.807, 2.05) is 13.8 Å². The van der Waals surface area contributed by atoms with Gasteiger partial charge in [-0.1, -0.05) is 13.8 Å². The van der Waals surface area contributed by atoms with Crippen LogP contribution in [0.2, 0.25) is 0 Å². The molecule has 1 atom stereocenters. The molecule has 1 heterocycles. The van der Waals surface area contributed by atoms with Crippen molar-refractivity contribution in [1.82, 2.24) is 0 Å². The van der Waals surface area contributed by atoms with Crippen LogP contribution in [0.15, 0.2) is 34.9 Å². The molecule has 2 aliphatic rings. The van der Waals surface area contributed by atoms with Crippen molar-refractivity contribution in [2.24, 2.45) is 11.1 Å². The number of Topliss-reactive ketones (excluding diaryl/α,β-unsaturated/α-hetero) is 1. The molecule has 1 aromatic rings. The predicted octanol–water partition coefficient (Wildman–Crippen LogP) is 3.20. The Morgan fingerprint density at radius 2 is 1.74 bits per heavy atom. The quantitative estimate of drug-likeness (QED) is 0.685. The number of carbonyl (C=O) groups excluding carboxylic acids is 2. The minimum absolute atomic E-state index is 0.0681. The van der Waals surface area contributed by atoms with Gasteiger partial charge in [-0.25, -0.2) is 4.79 Å². The van der Waals surface area contributed by atoms with E-state index in [4.69, 9.17) is 29.4 Å². The van der Waals surface area contributed by atoms with Crippen molar-refractivity contribution in [3.05, 3.63) is 40.5 Å². The fourth-order valence-electron chi connectivity index (χ4n) is 4.19. The van der Waals surface area contributed by atoms with Crippen molar-refractivity contribution in [3.63, 3.8) is 0 Å². The lowest BCUT2D eigenvalue weighted by atomic mass is 9.70. The number of hydrogen-bond acceptors (Lipinski definition) is 8. The Kier molecular flexibility index (Phi) is 6.20. The van der Waals surface area contributed by atoms with Gasteiger partial charge in [0.2, 0.25) is 11.6 Å². The zero-order chi connectivity index (χ0) is 22.9. The van der Waals surface area contributed by atoms with Crippen molar-refractivity contribution < 1.29 is 33.3 Å². The van der Waals surface area contributed by atoms with Crippen molar-refractivity contribution in [3.8, 4) is 17.2 Å². The largest absolute Gasteiger partial charge is 0.493 e. The highest BCUT2D eigenvalue weighted by molar-refractivity contribution is 6.03. The zero-order valence-corrected chi connectivity index (χ0v) is 18.8. The van der Waals surface area contributed by atoms with E-state index in [1.165, 1.54) is 21.3 Å². The number of methoxy groups -OCH3 is 3. The minimum Gasteiger partial charge on any atom is -0.493 e. The van der Waals surface area contributed by atoms with Crippen LogP contribution in [0, 0.1) is 5.41 Å². The van der Waals surface area contributed by atoms with E-state index >= 15 is 0 Å². The lowest BCUT2D eigenvalue weighted by Gasteiger charge is -2.38. The first-order valence-corrected chi connectivity index (χ1v) is 10.1. The van der Waals surface area contributed by atoms with E-state index in [0.717, 1.165) is 0 Å². The summed E-state index contributed by atoms with van der Waals surface area (Å²) in [5.74, 6) is 0.0989. The van der Waals surface area contributed by atoms with Gasteiger partial charge in [0.25, 0.3) is 0 Å². The molecule has 8 nitrogen and oxygen atoms in total. The summed E-state index contributed by atoms with van der Waals surface area (Å²) >= 11 is 0. The molecule has 1 unspecified atom stereocenters. The Hall–Kier alpha value is -3.16. The SMILES string of the molecule is CCOC(=O)C1=C(N)OC2=C(C(=O)CC(C)(C)C2)C1c1cc(OC)c(OC)c(OC)c1. The van der Waals surface area contributed by atoms with Crippen LogP contribution in [0.5, 0.6) is 17.2 Å². The molecular formula is C23H29NO7. The Morgan fingerprint density at radius 1 is 1.13 bits per heavy atom. The van der Waals surface area contributed by atoms with E-state index in [1.54, 1.807) is 19.1 Å². The Labute approximate surface area is 181 Å². The summed E-state index contributed by atoms with van der Waals surface area (Å²) in [6.45, 7) is 5.84. The van der Waals surface area contributed by atoms with Gasteiger partial charge < -0.3 is 29.4 Å². The maximum Gasteiger partial charge on any atom is 0.340 e. The summed E-state index contributed by atoms with van der Waals surface area (Å²) in [5.41, 5.74) is 7.00. The van der Waals surface area contributed by atoms with Gasteiger partial charge in [0.05, 0.1) is 33.9 Å². The molecule has 0 saturated carbocycles. The molecule has 2 N–H and O–H groups in total. The molecule has 0 aromatic heterocycles. The van der Waals surface area contributed by atoms with Gasteiger partial charge in [-0.2, -0.15) is 0 Å². The van der Waals surface area contributed by atoms with Crippen molar-refractivity contribution in [2.75, 3.05) is 27.9 Å². The number of nitrogens with two attached hydrogens (primary N) is 1. The van der Waals surface area contributed by atoms with E-state index < -0.39 is 11.9 Å². The number of allylic oxidation sites excluding steroid dienone is 2. The van der Waals surface area contributed by atoms with E-state index in [0.29, 0.717) is 47.0 Å². The van der Waals surface area contributed by atoms with Gasteiger partial charge in [-0.3, -0.25) is 4.79 Å². The number of esters is 1. The monoisotopic (exact) mass is 431 g/mol. The van der Waals surface area contributed by atoms with Gasteiger partial charge in [0, 0.05) is 18.4 Å². The molecule has 31 heavy (non-hydrogen) atoms. The lowest BCUT2D eigenvalue weighted by Crippen LogP contribution is -2.35. The topological polar surface area (TPSA) is 106 Å². The van der Waals surface area contributed by atoms with Crippen LogP contribution in [-0.2, 0) is 19.1 Å². The standard InChI is InChI=1S/C23H29NO7/c1-7-30-22(26)19-17(12-8-14(27-4)20(29-6)15(9-12)28-5)18-13(25)10-23(2,3)11-16(18)31-21(19)24/h8-9,17H,7,10-11,24H2,1-6H3. The molecule has 0 radical (unpaired) electrons. The molecular weight excluding hydrogens is 402 g/mol. The number of hydrogen-bond donors (Lipinski definition) is 1. The molecule has 168 valence electrons. The molecule has 8 heteroatoms. The van der Waals surface area contributed by atoms with Gasteiger partial charge in [0.1, 0.15) is 11.3 Å². The first-order valence-electron chi connectivity index (χ1n) is 10.1. The van der Waals surface area contributed by atoms with Crippen LogP contribution in [0.1, 0.15) is 45.1 Å². The molecule has 3 rings (SSSR count). The molecule has 0 saturated heterocycles. The van der Waals surface area contributed by atoms with Gasteiger partial charge in [0.15, 0.2) is 17.3 Å². The van der Waals surface area contributed by atoms with Crippen LogP contribution in [0.3, 0.4) is 0 Å². The average molecular weight is 431 g/mol. The summed E-state index contributed by atoms with van der Waals surface area (Å²) < 4.78 is 27.4. The summed E-state index contributed by atoms with van der Waals surface area (Å²) in [7, 11) is 4.50. The summed E-state index contributed by atoms with van der Waals surface area (Å²) in [4.78, 5) is 26.1. The second-order valence-corrected chi connectivity index (χ2v) is 8.27. The number of benzene rings is 1. The van der Waals surface area contributed by atoms with Crippen molar-refractivity contribution in [1.29, 1.82) is 0 Å². The third-order valence-corrected chi connectivity index (χ3v) is 5.47. The third kappa shape index (κ3) is 4.06. The minimum atomic E-state index is -0.778. The van der Waals surface area contributed by atoms with E-state index in [9.17, 15) is 9.59 Å². The highest BCUT2D eigenvalue weighted by Gasteiger charge is 2.45. The molecule has 0 bridgehead atoms.